The van der Waals surface area contributed by atoms with Crippen LogP contribution in [0.25, 0.3) is 0 Å². The van der Waals surface area contributed by atoms with Crippen molar-refractivity contribution in [3.05, 3.63) is 54.0 Å². The SMILES string of the molecule is COc1ccccc1CC(C)(C)NC(=O)[C@H](C)NC(=O)c1ccoc1. The van der Waals surface area contributed by atoms with Gasteiger partial charge in [0.25, 0.3) is 5.91 Å². The third kappa shape index (κ3) is 5.11. The quantitative estimate of drug-likeness (QED) is 0.809. The van der Waals surface area contributed by atoms with E-state index in [1.165, 1.54) is 12.5 Å². The first-order valence-corrected chi connectivity index (χ1v) is 8.09. The van der Waals surface area contributed by atoms with Crippen molar-refractivity contribution in [3.63, 3.8) is 0 Å². The fraction of sp³-hybridized carbons (Fsp3) is 0.368. The van der Waals surface area contributed by atoms with Gasteiger partial charge in [-0.05, 0) is 44.9 Å². The maximum atomic E-state index is 12.4. The molecule has 0 fully saturated rings. The number of methoxy groups -OCH3 is 1. The molecule has 0 aliphatic carbocycles. The Morgan fingerprint density at radius 1 is 1.24 bits per heavy atom. The molecular weight excluding hydrogens is 320 g/mol. The molecule has 0 aliphatic heterocycles. The van der Waals surface area contributed by atoms with Crippen LogP contribution in [-0.2, 0) is 11.2 Å². The number of furan rings is 1. The van der Waals surface area contributed by atoms with E-state index in [1.54, 1.807) is 20.1 Å². The number of ether oxygens (including phenoxy) is 1. The Morgan fingerprint density at radius 2 is 1.96 bits per heavy atom. The summed E-state index contributed by atoms with van der Waals surface area (Å²) in [5, 5.41) is 5.63. The summed E-state index contributed by atoms with van der Waals surface area (Å²) in [5.74, 6) is 0.182. The van der Waals surface area contributed by atoms with Crippen LogP contribution < -0.4 is 15.4 Å². The molecule has 0 unspecified atom stereocenters. The van der Waals surface area contributed by atoms with Crippen LogP contribution in [0.4, 0.5) is 0 Å². The van der Waals surface area contributed by atoms with Crippen LogP contribution in [0.5, 0.6) is 5.75 Å². The van der Waals surface area contributed by atoms with Gasteiger partial charge < -0.3 is 19.8 Å². The first kappa shape index (κ1) is 18.6. The topological polar surface area (TPSA) is 80.6 Å². The van der Waals surface area contributed by atoms with Gasteiger partial charge in [0.1, 0.15) is 18.1 Å². The monoisotopic (exact) mass is 344 g/mol. The molecule has 1 heterocycles. The molecule has 0 aliphatic rings. The van der Waals surface area contributed by atoms with Crippen LogP contribution in [0.15, 0.2) is 47.3 Å². The minimum Gasteiger partial charge on any atom is -0.496 e. The second-order valence-corrected chi connectivity index (χ2v) is 6.57. The summed E-state index contributed by atoms with van der Waals surface area (Å²) in [6, 6.07) is 8.58. The van der Waals surface area contributed by atoms with E-state index in [4.69, 9.17) is 9.15 Å². The first-order valence-electron chi connectivity index (χ1n) is 8.09. The summed E-state index contributed by atoms with van der Waals surface area (Å²) in [6.07, 6.45) is 3.35. The Hall–Kier alpha value is -2.76. The summed E-state index contributed by atoms with van der Waals surface area (Å²) in [4.78, 5) is 24.4. The number of para-hydroxylation sites is 1. The van der Waals surface area contributed by atoms with E-state index >= 15 is 0 Å². The minimum atomic E-state index is -0.667. The number of hydrogen-bond donors (Lipinski definition) is 2. The highest BCUT2D eigenvalue weighted by Crippen LogP contribution is 2.22. The molecule has 2 N–H and O–H groups in total. The van der Waals surface area contributed by atoms with Crippen LogP contribution in [-0.4, -0.2) is 30.5 Å². The van der Waals surface area contributed by atoms with Gasteiger partial charge in [0, 0.05) is 5.54 Å². The maximum absolute atomic E-state index is 12.4. The molecule has 134 valence electrons. The van der Waals surface area contributed by atoms with Crippen LogP contribution in [0.2, 0.25) is 0 Å². The number of rotatable bonds is 7. The zero-order valence-corrected chi connectivity index (χ0v) is 15.0. The Bertz CT molecular complexity index is 723. The zero-order chi connectivity index (χ0) is 18.4. The van der Waals surface area contributed by atoms with E-state index in [-0.39, 0.29) is 11.8 Å². The average Bonchev–Trinajstić information content (AvgIpc) is 3.09. The van der Waals surface area contributed by atoms with Crippen molar-refractivity contribution in [1.29, 1.82) is 0 Å². The molecule has 6 nitrogen and oxygen atoms in total. The number of benzene rings is 1. The molecule has 1 aromatic heterocycles. The van der Waals surface area contributed by atoms with Crippen molar-refractivity contribution in [1.82, 2.24) is 10.6 Å². The minimum absolute atomic E-state index is 0.253. The van der Waals surface area contributed by atoms with Gasteiger partial charge in [-0.15, -0.1) is 0 Å². The molecular formula is C19H24N2O4. The summed E-state index contributed by atoms with van der Waals surface area (Å²) in [6.45, 7) is 5.51. The summed E-state index contributed by atoms with van der Waals surface area (Å²) in [7, 11) is 1.62. The second kappa shape index (κ2) is 7.88. The highest BCUT2D eigenvalue weighted by molar-refractivity contribution is 5.97. The molecule has 1 atom stereocenters. The Labute approximate surface area is 147 Å². The molecule has 2 aromatic rings. The summed E-state index contributed by atoms with van der Waals surface area (Å²) < 4.78 is 10.2. The fourth-order valence-electron chi connectivity index (χ4n) is 2.55. The molecule has 2 amide bonds. The molecule has 2 rings (SSSR count). The van der Waals surface area contributed by atoms with Crippen molar-refractivity contribution in [3.8, 4) is 5.75 Å². The molecule has 0 saturated carbocycles. The fourth-order valence-corrected chi connectivity index (χ4v) is 2.55. The Morgan fingerprint density at radius 3 is 2.60 bits per heavy atom. The van der Waals surface area contributed by atoms with E-state index in [0.29, 0.717) is 12.0 Å². The van der Waals surface area contributed by atoms with Gasteiger partial charge in [-0.25, -0.2) is 0 Å². The number of carbonyl (C=O) groups is 2. The molecule has 0 spiro atoms. The summed E-state index contributed by atoms with van der Waals surface area (Å²) in [5.41, 5.74) is 0.888. The Balaban J connectivity index is 1.96. The lowest BCUT2D eigenvalue weighted by atomic mass is 9.94. The van der Waals surface area contributed by atoms with Crippen molar-refractivity contribution < 1.29 is 18.7 Å². The van der Waals surface area contributed by atoms with E-state index in [1.807, 2.05) is 38.1 Å². The van der Waals surface area contributed by atoms with Crippen molar-refractivity contribution in [2.24, 2.45) is 0 Å². The van der Waals surface area contributed by atoms with Gasteiger partial charge in [0.15, 0.2) is 0 Å². The zero-order valence-electron chi connectivity index (χ0n) is 15.0. The molecule has 0 radical (unpaired) electrons. The van der Waals surface area contributed by atoms with Gasteiger partial charge in [-0.3, -0.25) is 9.59 Å². The van der Waals surface area contributed by atoms with E-state index in [9.17, 15) is 9.59 Å². The first-order chi connectivity index (χ1) is 11.8. The van der Waals surface area contributed by atoms with E-state index < -0.39 is 11.6 Å². The predicted molar refractivity (Wildman–Crippen MR) is 94.6 cm³/mol. The largest absolute Gasteiger partial charge is 0.496 e. The average molecular weight is 344 g/mol. The van der Waals surface area contributed by atoms with Crippen molar-refractivity contribution in [2.75, 3.05) is 7.11 Å². The number of nitrogens with one attached hydrogen (secondary N) is 2. The lowest BCUT2D eigenvalue weighted by molar-refractivity contribution is -0.124. The standard InChI is InChI=1S/C19H24N2O4/c1-13(20-18(23)15-9-10-25-12-15)17(22)21-19(2,3)11-14-7-5-6-8-16(14)24-4/h5-10,12-13H,11H2,1-4H3,(H,20,23)(H,21,22)/t13-/m0/s1. The lowest BCUT2D eigenvalue weighted by Crippen LogP contribution is -2.53. The van der Waals surface area contributed by atoms with E-state index in [0.717, 1.165) is 11.3 Å². The van der Waals surface area contributed by atoms with Gasteiger partial charge in [-0.2, -0.15) is 0 Å². The van der Waals surface area contributed by atoms with Gasteiger partial charge in [-0.1, -0.05) is 18.2 Å². The molecule has 1 aromatic carbocycles. The van der Waals surface area contributed by atoms with Crippen molar-refractivity contribution in [2.45, 2.75) is 38.8 Å². The van der Waals surface area contributed by atoms with Crippen molar-refractivity contribution >= 4 is 11.8 Å². The van der Waals surface area contributed by atoms with E-state index in [2.05, 4.69) is 10.6 Å². The number of carbonyl (C=O) groups excluding carboxylic acids is 2. The summed E-state index contributed by atoms with van der Waals surface area (Å²) >= 11 is 0. The lowest BCUT2D eigenvalue weighted by Gasteiger charge is -2.29. The molecule has 0 saturated heterocycles. The molecule has 6 heteroatoms. The number of hydrogen-bond acceptors (Lipinski definition) is 4. The third-order valence-corrected chi connectivity index (χ3v) is 3.81. The van der Waals surface area contributed by atoms with Gasteiger partial charge >= 0.3 is 0 Å². The second-order valence-electron chi connectivity index (χ2n) is 6.57. The molecule has 0 bridgehead atoms. The van der Waals surface area contributed by atoms with Crippen LogP contribution >= 0.6 is 0 Å². The number of amides is 2. The highest BCUT2D eigenvalue weighted by atomic mass is 16.5. The van der Waals surface area contributed by atoms with Crippen LogP contribution in [0.1, 0.15) is 36.7 Å². The van der Waals surface area contributed by atoms with Crippen LogP contribution in [0.3, 0.4) is 0 Å². The van der Waals surface area contributed by atoms with Gasteiger partial charge in [0.05, 0.1) is 18.9 Å². The highest BCUT2D eigenvalue weighted by Gasteiger charge is 2.26. The predicted octanol–water partition coefficient (Wildman–Crippen LogP) is 2.54. The Kier molecular flexibility index (Phi) is 5.85. The smallest absolute Gasteiger partial charge is 0.255 e. The van der Waals surface area contributed by atoms with Gasteiger partial charge in [0.2, 0.25) is 5.91 Å². The maximum Gasteiger partial charge on any atom is 0.255 e. The molecule has 25 heavy (non-hydrogen) atoms. The normalized spacial score (nSPS) is 12.3. The third-order valence-electron chi connectivity index (χ3n) is 3.81. The van der Waals surface area contributed by atoms with Crippen LogP contribution in [0, 0.1) is 0 Å².